The van der Waals surface area contributed by atoms with Crippen molar-refractivity contribution in [3.63, 3.8) is 0 Å². The second-order valence-electron chi connectivity index (χ2n) is 5.45. The minimum absolute atomic E-state index is 0.451. The average molecular weight is 237 g/mol. The normalized spacial score (nSPS) is 15.5. The number of hydrogen-bond acceptors (Lipinski definition) is 2. The maximum absolute atomic E-state index is 11.4. The lowest BCUT2D eigenvalue weighted by Gasteiger charge is -2.33. The molecule has 0 spiro atoms. The summed E-state index contributed by atoms with van der Waals surface area (Å²) in [4.78, 5) is 12.8. The molecule has 5 nitrogen and oxygen atoms in total. The minimum Gasteiger partial charge on any atom is -0.465 e. The van der Waals surface area contributed by atoms with Crippen molar-refractivity contribution in [2.45, 2.75) is 52.1 Å². The van der Waals surface area contributed by atoms with E-state index in [1.165, 1.54) is 4.90 Å². The first-order valence-corrected chi connectivity index (χ1v) is 5.99. The molecule has 0 unspecified atom stereocenters. The van der Waals surface area contributed by atoms with Gasteiger partial charge in [-0.3, -0.25) is 9.58 Å². The number of nitrogens with zero attached hydrogens (tertiary/aromatic N) is 3. The number of anilines is 1. The van der Waals surface area contributed by atoms with E-state index in [0.717, 1.165) is 37.2 Å². The number of aromatic nitrogens is 2. The molecule has 1 aromatic heterocycles. The van der Waals surface area contributed by atoms with Gasteiger partial charge in [-0.05, 0) is 40.0 Å². The van der Waals surface area contributed by atoms with Crippen LogP contribution in [0.5, 0.6) is 0 Å². The van der Waals surface area contributed by atoms with E-state index in [-0.39, 0.29) is 0 Å². The predicted molar refractivity (Wildman–Crippen MR) is 65.4 cm³/mol. The third-order valence-electron chi connectivity index (χ3n) is 3.06. The van der Waals surface area contributed by atoms with Gasteiger partial charge in [0.15, 0.2) is 0 Å². The molecule has 1 amide bonds. The highest BCUT2D eigenvalue weighted by atomic mass is 16.4. The molecule has 2 rings (SSSR count). The van der Waals surface area contributed by atoms with Gasteiger partial charge in [-0.1, -0.05) is 0 Å². The van der Waals surface area contributed by atoms with E-state index >= 15 is 0 Å². The highest BCUT2D eigenvalue weighted by Crippen LogP contribution is 2.30. The fraction of sp³-hybridized carbons (Fsp3) is 0.667. The van der Waals surface area contributed by atoms with Crippen molar-refractivity contribution in [3.8, 4) is 0 Å². The summed E-state index contributed by atoms with van der Waals surface area (Å²) < 4.78 is 1.93. The number of aryl methyl sites for hydroxylation is 1. The second kappa shape index (κ2) is 4.05. The van der Waals surface area contributed by atoms with Crippen LogP contribution in [0.3, 0.4) is 0 Å². The number of amides is 1. The van der Waals surface area contributed by atoms with Crippen LogP contribution < -0.4 is 4.90 Å². The van der Waals surface area contributed by atoms with E-state index in [2.05, 4.69) is 5.10 Å². The highest BCUT2D eigenvalue weighted by Gasteiger charge is 2.32. The predicted octanol–water partition coefficient (Wildman–Crippen LogP) is 2.50. The largest absolute Gasteiger partial charge is 0.465 e. The first-order chi connectivity index (χ1) is 7.91. The van der Waals surface area contributed by atoms with E-state index in [9.17, 15) is 9.90 Å². The van der Waals surface area contributed by atoms with Gasteiger partial charge in [-0.25, -0.2) is 4.79 Å². The maximum atomic E-state index is 11.4. The molecule has 0 saturated heterocycles. The van der Waals surface area contributed by atoms with E-state index in [1.807, 2.05) is 25.5 Å². The van der Waals surface area contributed by atoms with E-state index in [0.29, 0.717) is 0 Å². The third kappa shape index (κ3) is 2.14. The molecule has 0 fully saturated rings. The van der Waals surface area contributed by atoms with Crippen LogP contribution in [0, 0.1) is 0 Å². The fourth-order valence-corrected chi connectivity index (χ4v) is 2.34. The molecule has 2 heterocycles. The standard InChI is InChI=1S/C12H19N3O2/c1-12(2,3)15(11(16)17)10-8-13-14-7-5-4-6-9(10)14/h8H,4-7H2,1-3H3,(H,16,17). The summed E-state index contributed by atoms with van der Waals surface area (Å²) in [5.74, 6) is 0. The number of fused-ring (bicyclic) bond motifs is 1. The lowest BCUT2D eigenvalue weighted by molar-refractivity contribution is 0.195. The molecule has 0 radical (unpaired) electrons. The van der Waals surface area contributed by atoms with Crippen LogP contribution in [0.1, 0.15) is 39.3 Å². The van der Waals surface area contributed by atoms with Crippen molar-refractivity contribution in [2.75, 3.05) is 4.90 Å². The molecular weight excluding hydrogens is 218 g/mol. The van der Waals surface area contributed by atoms with Crippen molar-refractivity contribution in [2.24, 2.45) is 0 Å². The summed E-state index contributed by atoms with van der Waals surface area (Å²) in [6, 6.07) is 0. The molecule has 0 atom stereocenters. The number of rotatable bonds is 1. The van der Waals surface area contributed by atoms with Crippen LogP contribution in [-0.2, 0) is 13.0 Å². The third-order valence-corrected chi connectivity index (χ3v) is 3.06. The van der Waals surface area contributed by atoms with Gasteiger partial charge in [0.05, 0.1) is 17.6 Å². The quantitative estimate of drug-likeness (QED) is 0.816. The smallest absolute Gasteiger partial charge is 0.412 e. The zero-order valence-electron chi connectivity index (χ0n) is 10.6. The molecule has 0 aliphatic carbocycles. The van der Waals surface area contributed by atoms with Crippen LogP contribution in [-0.4, -0.2) is 26.5 Å². The zero-order chi connectivity index (χ0) is 12.6. The SMILES string of the molecule is CC(C)(C)N(C(=O)O)c1cnn2c1CCCC2. The molecule has 1 aliphatic rings. The van der Waals surface area contributed by atoms with Crippen molar-refractivity contribution in [1.29, 1.82) is 0 Å². The van der Waals surface area contributed by atoms with Crippen LogP contribution >= 0.6 is 0 Å². The first-order valence-electron chi connectivity index (χ1n) is 5.99. The summed E-state index contributed by atoms with van der Waals surface area (Å²) in [5.41, 5.74) is 1.34. The molecule has 17 heavy (non-hydrogen) atoms. The van der Waals surface area contributed by atoms with Gasteiger partial charge in [-0.2, -0.15) is 5.10 Å². The average Bonchev–Trinajstić information content (AvgIpc) is 2.60. The number of hydrogen-bond donors (Lipinski definition) is 1. The van der Waals surface area contributed by atoms with Crippen molar-refractivity contribution >= 4 is 11.8 Å². The number of carbonyl (C=O) groups is 1. The molecule has 0 bridgehead atoms. The molecule has 1 aliphatic heterocycles. The fourth-order valence-electron chi connectivity index (χ4n) is 2.34. The molecular formula is C12H19N3O2. The Balaban J connectivity index is 2.44. The molecule has 5 heteroatoms. The minimum atomic E-state index is -0.918. The summed E-state index contributed by atoms with van der Waals surface area (Å²) in [6.45, 7) is 6.59. The Morgan fingerprint density at radius 3 is 2.76 bits per heavy atom. The van der Waals surface area contributed by atoms with Gasteiger partial charge in [0, 0.05) is 12.1 Å². The van der Waals surface area contributed by atoms with E-state index in [4.69, 9.17) is 0 Å². The lowest BCUT2D eigenvalue weighted by Crippen LogP contribution is -2.45. The van der Waals surface area contributed by atoms with Gasteiger partial charge >= 0.3 is 6.09 Å². The Labute approximate surface area is 101 Å². The molecule has 0 saturated carbocycles. The zero-order valence-corrected chi connectivity index (χ0v) is 10.6. The Morgan fingerprint density at radius 1 is 1.47 bits per heavy atom. The Bertz CT molecular complexity index is 431. The van der Waals surface area contributed by atoms with Crippen molar-refractivity contribution in [3.05, 3.63) is 11.9 Å². The van der Waals surface area contributed by atoms with E-state index in [1.54, 1.807) is 6.20 Å². The van der Waals surface area contributed by atoms with Gasteiger partial charge in [0.1, 0.15) is 0 Å². The number of carboxylic acid groups (broad SMARTS) is 1. The highest BCUT2D eigenvalue weighted by molar-refractivity contribution is 5.88. The van der Waals surface area contributed by atoms with Crippen LogP contribution in [0.15, 0.2) is 6.20 Å². The topological polar surface area (TPSA) is 58.4 Å². The summed E-state index contributed by atoms with van der Waals surface area (Å²) >= 11 is 0. The van der Waals surface area contributed by atoms with Crippen LogP contribution in [0.4, 0.5) is 10.5 Å². The van der Waals surface area contributed by atoms with Crippen LogP contribution in [0.2, 0.25) is 0 Å². The first kappa shape index (κ1) is 12.0. The van der Waals surface area contributed by atoms with Crippen LogP contribution in [0.25, 0.3) is 0 Å². The monoisotopic (exact) mass is 237 g/mol. The molecule has 1 aromatic rings. The van der Waals surface area contributed by atoms with Crippen molar-refractivity contribution in [1.82, 2.24) is 9.78 Å². The van der Waals surface area contributed by atoms with Gasteiger partial charge in [0.2, 0.25) is 0 Å². The summed E-state index contributed by atoms with van der Waals surface area (Å²) in [5, 5.41) is 13.7. The molecule has 94 valence electrons. The second-order valence-corrected chi connectivity index (χ2v) is 5.45. The molecule has 1 N–H and O–H groups in total. The summed E-state index contributed by atoms with van der Waals surface area (Å²) in [7, 11) is 0. The van der Waals surface area contributed by atoms with Crippen molar-refractivity contribution < 1.29 is 9.90 Å². The lowest BCUT2D eigenvalue weighted by atomic mass is 10.0. The Kier molecular flexibility index (Phi) is 2.85. The summed E-state index contributed by atoms with van der Waals surface area (Å²) in [6.07, 6.45) is 3.90. The Hall–Kier alpha value is -1.52. The maximum Gasteiger partial charge on any atom is 0.412 e. The van der Waals surface area contributed by atoms with Gasteiger partial charge in [-0.15, -0.1) is 0 Å². The van der Waals surface area contributed by atoms with Gasteiger partial charge in [0.25, 0.3) is 0 Å². The Morgan fingerprint density at radius 2 is 2.18 bits per heavy atom. The molecule has 0 aromatic carbocycles. The van der Waals surface area contributed by atoms with E-state index < -0.39 is 11.6 Å². The van der Waals surface area contributed by atoms with Gasteiger partial charge < -0.3 is 5.11 Å².